The van der Waals surface area contributed by atoms with Crippen LogP contribution in [-0.2, 0) is 34.2 Å². The van der Waals surface area contributed by atoms with Crippen molar-refractivity contribution in [2.75, 3.05) is 25.2 Å². The average Bonchev–Trinajstić information content (AvgIpc) is 2.90. The molecule has 3 rings (SSSR count). The van der Waals surface area contributed by atoms with Crippen molar-refractivity contribution in [3.05, 3.63) is 30.6 Å². The molecule has 2 aliphatic heterocycles. The summed E-state index contributed by atoms with van der Waals surface area (Å²) >= 11 is 0. The van der Waals surface area contributed by atoms with Gasteiger partial charge in [-0.1, -0.05) is 6.07 Å². The summed E-state index contributed by atoms with van der Waals surface area (Å²) in [6, 6.07) is 3.33. The van der Waals surface area contributed by atoms with Gasteiger partial charge in [-0.25, -0.2) is 18.7 Å². The average molecular weight is 466 g/mol. The number of carbonyl (C=O) groups is 2. The van der Waals surface area contributed by atoms with Crippen LogP contribution in [0, 0.1) is 0 Å². The number of nitrogens with zero attached hydrogens (tertiary/aromatic N) is 3. The number of piperidine rings is 1. The summed E-state index contributed by atoms with van der Waals surface area (Å²) in [4.78, 5) is 33.8. The van der Waals surface area contributed by atoms with Crippen molar-refractivity contribution in [3.8, 4) is 0 Å². The smallest absolute Gasteiger partial charge is 0.309 e. The van der Waals surface area contributed by atoms with Crippen LogP contribution in [0.2, 0.25) is 0 Å². The second-order valence-corrected chi connectivity index (χ2v) is 9.74. The monoisotopic (exact) mass is 466 g/mol. The zero-order valence-electron chi connectivity index (χ0n) is 15.9. The van der Waals surface area contributed by atoms with E-state index in [-0.39, 0.29) is 31.7 Å². The number of hydroxylamine groups is 3. The summed E-state index contributed by atoms with van der Waals surface area (Å²) in [5.41, 5.74) is 2.07. The van der Waals surface area contributed by atoms with Crippen LogP contribution in [0.4, 0.5) is 4.79 Å². The van der Waals surface area contributed by atoms with Crippen LogP contribution in [0.3, 0.4) is 0 Å². The number of nitrogens with one attached hydrogen (secondary N) is 1. The van der Waals surface area contributed by atoms with Crippen molar-refractivity contribution in [1.82, 2.24) is 20.4 Å². The molecule has 3 heterocycles. The van der Waals surface area contributed by atoms with E-state index in [4.69, 9.17) is 9.39 Å². The quantitative estimate of drug-likeness (QED) is 0.293. The van der Waals surface area contributed by atoms with Gasteiger partial charge in [-0.15, -0.1) is 4.28 Å². The van der Waals surface area contributed by atoms with E-state index < -0.39 is 44.3 Å². The van der Waals surface area contributed by atoms with Gasteiger partial charge in [0.2, 0.25) is 0 Å². The summed E-state index contributed by atoms with van der Waals surface area (Å²) < 4.78 is 56.3. The highest BCUT2D eigenvalue weighted by Gasteiger charge is 2.49. The van der Waals surface area contributed by atoms with E-state index >= 15 is 0 Å². The van der Waals surface area contributed by atoms with Gasteiger partial charge in [0, 0.05) is 25.2 Å². The Morgan fingerprint density at radius 3 is 2.40 bits per heavy atom. The summed E-state index contributed by atoms with van der Waals surface area (Å²) in [6.07, 6.45) is 5.02. The highest BCUT2D eigenvalue weighted by molar-refractivity contribution is 7.90. The van der Waals surface area contributed by atoms with Crippen molar-refractivity contribution >= 4 is 32.2 Å². The predicted octanol–water partition coefficient (Wildman–Crippen LogP) is -0.837. The lowest BCUT2D eigenvalue weighted by molar-refractivity contribution is -0.138. The van der Waals surface area contributed by atoms with E-state index in [1.807, 2.05) is 18.2 Å². The van der Waals surface area contributed by atoms with Crippen LogP contribution in [-0.4, -0.2) is 85.5 Å². The van der Waals surface area contributed by atoms with E-state index in [1.165, 1.54) is 0 Å². The SMILES string of the molecule is CS(=O)(=O)CCONC(=O)[C@@H]1CC[C@@H]2CN1C(=O)N2OS(=O)(=O)O.c1ccncc1. The van der Waals surface area contributed by atoms with Gasteiger partial charge in [0.15, 0.2) is 0 Å². The Labute approximate surface area is 173 Å². The van der Waals surface area contributed by atoms with Gasteiger partial charge in [-0.3, -0.25) is 19.2 Å². The Morgan fingerprint density at radius 2 is 1.90 bits per heavy atom. The zero-order valence-corrected chi connectivity index (χ0v) is 17.6. The van der Waals surface area contributed by atoms with Crippen molar-refractivity contribution in [1.29, 1.82) is 0 Å². The second kappa shape index (κ2) is 10.1. The Kier molecular flexibility index (Phi) is 8.08. The van der Waals surface area contributed by atoms with Crippen LogP contribution in [0.1, 0.15) is 12.8 Å². The third-order valence-electron chi connectivity index (χ3n) is 4.10. The second-order valence-electron chi connectivity index (χ2n) is 6.48. The fourth-order valence-electron chi connectivity index (χ4n) is 2.80. The molecule has 0 unspecified atom stereocenters. The number of rotatable bonds is 7. The number of sulfone groups is 1. The molecule has 2 N–H and O–H groups in total. The van der Waals surface area contributed by atoms with Crippen molar-refractivity contribution in [3.63, 3.8) is 0 Å². The van der Waals surface area contributed by atoms with Gasteiger partial charge in [0.25, 0.3) is 5.91 Å². The minimum atomic E-state index is -4.85. The summed E-state index contributed by atoms with van der Waals surface area (Å²) in [5.74, 6) is -0.942. The number of urea groups is 1. The lowest BCUT2D eigenvalue weighted by Crippen LogP contribution is -2.49. The first-order valence-electron chi connectivity index (χ1n) is 8.69. The minimum absolute atomic E-state index is 0.0514. The highest BCUT2D eigenvalue weighted by atomic mass is 32.3. The van der Waals surface area contributed by atoms with Gasteiger partial charge in [0.05, 0.1) is 18.4 Å². The maximum Gasteiger partial charge on any atom is 0.418 e. The number of hydrogen-bond acceptors (Lipinski definition) is 9. The molecule has 0 aromatic carbocycles. The molecule has 2 saturated heterocycles. The fraction of sp³-hybridized carbons (Fsp3) is 0.533. The van der Waals surface area contributed by atoms with Gasteiger partial charge in [-0.2, -0.15) is 13.5 Å². The molecular formula is C15H22N4O9S2. The number of hydrogen-bond donors (Lipinski definition) is 2. The number of pyridine rings is 1. The molecule has 1 aromatic rings. The minimum Gasteiger partial charge on any atom is -0.309 e. The standard InChI is InChI=1S/C10H17N3O9S2.C5H5N/c1-23(16,17)5-4-21-11-9(14)8-3-2-7-6-12(8)10(15)13(7)22-24(18,19)20;1-2-4-6-5-3-1/h7-8H,2-6H2,1H3,(H,11,14)(H,18,19,20);1-5H/t7-,8+;/m1./s1. The summed E-state index contributed by atoms with van der Waals surface area (Å²) in [5, 5.41) is 0.521. The summed E-state index contributed by atoms with van der Waals surface area (Å²) in [7, 11) is -8.09. The molecule has 2 fully saturated rings. The molecule has 1 aromatic heterocycles. The van der Waals surface area contributed by atoms with Gasteiger partial charge in [0.1, 0.15) is 15.9 Å². The molecule has 0 aliphatic carbocycles. The van der Waals surface area contributed by atoms with Gasteiger partial charge < -0.3 is 4.90 Å². The molecule has 0 radical (unpaired) electrons. The largest absolute Gasteiger partial charge is 0.418 e. The lowest BCUT2D eigenvalue weighted by atomic mass is 10.0. The van der Waals surface area contributed by atoms with Crippen LogP contribution in [0.5, 0.6) is 0 Å². The molecule has 2 atom stereocenters. The van der Waals surface area contributed by atoms with E-state index in [2.05, 4.69) is 14.7 Å². The van der Waals surface area contributed by atoms with Gasteiger partial charge in [-0.05, 0) is 25.0 Å². The first kappa shape index (κ1) is 23.9. The number of fused-ring (bicyclic) bond motifs is 2. The normalized spacial score (nSPS) is 21.1. The van der Waals surface area contributed by atoms with E-state index in [0.29, 0.717) is 5.06 Å². The van der Waals surface area contributed by atoms with Crippen LogP contribution >= 0.6 is 0 Å². The van der Waals surface area contributed by atoms with Gasteiger partial charge >= 0.3 is 16.4 Å². The molecular weight excluding hydrogens is 444 g/mol. The Morgan fingerprint density at radius 1 is 1.23 bits per heavy atom. The van der Waals surface area contributed by atoms with E-state index in [0.717, 1.165) is 11.2 Å². The molecule has 2 bridgehead atoms. The first-order valence-corrected chi connectivity index (χ1v) is 12.1. The topological polar surface area (TPSA) is 173 Å². The molecule has 3 amide bonds. The third-order valence-corrected chi connectivity index (χ3v) is 5.35. The predicted molar refractivity (Wildman–Crippen MR) is 101 cm³/mol. The molecule has 0 saturated carbocycles. The maximum absolute atomic E-state index is 12.1. The number of carbonyl (C=O) groups excluding carboxylic acids is 2. The van der Waals surface area contributed by atoms with Crippen LogP contribution < -0.4 is 5.48 Å². The maximum atomic E-state index is 12.1. The number of amides is 3. The number of aromatic nitrogens is 1. The van der Waals surface area contributed by atoms with Crippen molar-refractivity contribution in [2.45, 2.75) is 24.9 Å². The van der Waals surface area contributed by atoms with Crippen molar-refractivity contribution < 1.29 is 40.1 Å². The Balaban J connectivity index is 0.000000456. The zero-order chi connectivity index (χ0) is 22.4. The Hall–Kier alpha value is -2.33. The molecule has 30 heavy (non-hydrogen) atoms. The fourth-order valence-corrected chi connectivity index (χ4v) is 3.57. The van der Waals surface area contributed by atoms with Crippen LogP contribution in [0.25, 0.3) is 0 Å². The molecule has 13 nitrogen and oxygen atoms in total. The molecule has 0 spiro atoms. The molecule has 2 aliphatic rings. The lowest BCUT2D eigenvalue weighted by Gasteiger charge is -2.28. The third kappa shape index (κ3) is 7.49. The van der Waals surface area contributed by atoms with E-state index in [1.54, 1.807) is 12.4 Å². The summed E-state index contributed by atoms with van der Waals surface area (Å²) in [6.45, 7) is -0.193. The molecule has 168 valence electrons. The van der Waals surface area contributed by atoms with E-state index in [9.17, 15) is 26.4 Å². The van der Waals surface area contributed by atoms with Crippen LogP contribution in [0.15, 0.2) is 30.6 Å². The highest BCUT2D eigenvalue weighted by Crippen LogP contribution is 2.30. The Bertz CT molecular complexity index is 913. The first-order chi connectivity index (χ1) is 14.0. The van der Waals surface area contributed by atoms with Crippen molar-refractivity contribution in [2.24, 2.45) is 0 Å². The molecule has 15 heteroatoms.